The molecule has 4 heteroatoms. The summed E-state index contributed by atoms with van der Waals surface area (Å²) in [5.74, 6) is 0.470. The fraction of sp³-hybridized carbons (Fsp3) is 0.167. The molecule has 112 valence electrons. The third-order valence-corrected chi connectivity index (χ3v) is 3.79. The van der Waals surface area contributed by atoms with Gasteiger partial charge >= 0.3 is 0 Å². The zero-order chi connectivity index (χ0) is 15.7. The van der Waals surface area contributed by atoms with Gasteiger partial charge in [-0.05, 0) is 12.5 Å². The van der Waals surface area contributed by atoms with Crippen LogP contribution < -0.4 is 10.2 Å². The van der Waals surface area contributed by atoms with Gasteiger partial charge in [0.2, 0.25) is 0 Å². The van der Waals surface area contributed by atoms with Gasteiger partial charge in [-0.15, -0.1) is 0 Å². The molecule has 0 aliphatic rings. The Kier molecular flexibility index (Phi) is 3.59. The van der Waals surface area contributed by atoms with E-state index < -0.39 is 0 Å². The van der Waals surface area contributed by atoms with Crippen molar-refractivity contribution in [1.82, 2.24) is 4.57 Å². The van der Waals surface area contributed by atoms with E-state index in [1.807, 2.05) is 41.8 Å². The average molecular weight is 295 g/mol. The minimum Gasteiger partial charge on any atom is -0.507 e. The van der Waals surface area contributed by atoms with Gasteiger partial charge in [-0.1, -0.05) is 30.3 Å². The van der Waals surface area contributed by atoms with Crippen LogP contribution in [-0.4, -0.2) is 16.8 Å². The number of ether oxygens (including phenoxy) is 1. The van der Waals surface area contributed by atoms with Crippen LogP contribution in [0.4, 0.5) is 0 Å². The van der Waals surface area contributed by atoms with Crippen molar-refractivity contribution in [3.63, 3.8) is 0 Å². The molecule has 1 aromatic heterocycles. The second-order valence-electron chi connectivity index (χ2n) is 5.04. The van der Waals surface area contributed by atoms with E-state index in [9.17, 15) is 9.90 Å². The number of pyridine rings is 1. The van der Waals surface area contributed by atoms with Gasteiger partial charge in [0.05, 0.1) is 23.7 Å². The SMILES string of the molecule is CCn1c(-c2ccccc2)cc(=O)c2c(O)cc(OC)cc21. The van der Waals surface area contributed by atoms with Crippen molar-refractivity contribution in [3.05, 3.63) is 58.8 Å². The summed E-state index contributed by atoms with van der Waals surface area (Å²) in [6.45, 7) is 2.68. The fourth-order valence-electron chi connectivity index (χ4n) is 2.76. The van der Waals surface area contributed by atoms with E-state index in [1.165, 1.54) is 13.2 Å². The molecule has 0 aliphatic heterocycles. The normalized spacial score (nSPS) is 10.8. The van der Waals surface area contributed by atoms with Crippen LogP contribution in [0.25, 0.3) is 22.2 Å². The summed E-state index contributed by atoms with van der Waals surface area (Å²) in [7, 11) is 1.54. The Labute approximate surface area is 128 Å². The lowest BCUT2D eigenvalue weighted by Gasteiger charge is -2.16. The number of nitrogens with zero attached hydrogens (tertiary/aromatic N) is 1. The molecule has 0 aliphatic carbocycles. The number of rotatable bonds is 3. The Hall–Kier alpha value is -2.75. The highest BCUT2D eigenvalue weighted by Crippen LogP contribution is 2.31. The molecule has 3 rings (SSSR count). The average Bonchev–Trinajstić information content (AvgIpc) is 2.54. The topological polar surface area (TPSA) is 51.5 Å². The quantitative estimate of drug-likeness (QED) is 0.805. The maximum absolute atomic E-state index is 12.4. The molecule has 3 aromatic rings. The van der Waals surface area contributed by atoms with Crippen molar-refractivity contribution in [2.75, 3.05) is 7.11 Å². The smallest absolute Gasteiger partial charge is 0.193 e. The summed E-state index contributed by atoms with van der Waals surface area (Å²) < 4.78 is 7.22. The van der Waals surface area contributed by atoms with E-state index in [2.05, 4.69) is 0 Å². The summed E-state index contributed by atoms with van der Waals surface area (Å²) >= 11 is 0. The van der Waals surface area contributed by atoms with Crippen molar-refractivity contribution in [2.24, 2.45) is 0 Å². The summed E-state index contributed by atoms with van der Waals surface area (Å²) in [6, 6.07) is 14.6. The van der Waals surface area contributed by atoms with Crippen LogP contribution in [0, 0.1) is 0 Å². The first kappa shape index (κ1) is 14.2. The van der Waals surface area contributed by atoms with Crippen molar-refractivity contribution >= 4 is 10.9 Å². The lowest BCUT2D eigenvalue weighted by molar-refractivity contribution is 0.409. The molecule has 0 fully saturated rings. The molecule has 0 saturated carbocycles. The number of phenols is 1. The van der Waals surface area contributed by atoms with Gasteiger partial charge in [0.15, 0.2) is 5.43 Å². The first-order chi connectivity index (χ1) is 10.7. The summed E-state index contributed by atoms with van der Waals surface area (Å²) in [6.07, 6.45) is 0. The Bertz CT molecular complexity index is 882. The molecule has 0 bridgehead atoms. The van der Waals surface area contributed by atoms with E-state index in [4.69, 9.17) is 4.74 Å². The number of hydrogen-bond donors (Lipinski definition) is 1. The molecular formula is C18H17NO3. The van der Waals surface area contributed by atoms with E-state index in [1.54, 1.807) is 12.1 Å². The van der Waals surface area contributed by atoms with Crippen molar-refractivity contribution in [2.45, 2.75) is 13.5 Å². The van der Waals surface area contributed by atoms with Gasteiger partial charge in [0.25, 0.3) is 0 Å². The summed E-state index contributed by atoms with van der Waals surface area (Å²) in [4.78, 5) is 12.4. The number of aromatic nitrogens is 1. The van der Waals surface area contributed by atoms with Gasteiger partial charge in [0, 0.05) is 24.7 Å². The fourth-order valence-corrected chi connectivity index (χ4v) is 2.76. The Morgan fingerprint density at radius 1 is 1.14 bits per heavy atom. The molecule has 2 aromatic carbocycles. The minimum absolute atomic E-state index is 0.0545. The van der Waals surface area contributed by atoms with Crippen LogP contribution in [0.5, 0.6) is 11.5 Å². The van der Waals surface area contributed by atoms with Crippen LogP contribution in [0.15, 0.2) is 53.3 Å². The van der Waals surface area contributed by atoms with E-state index in [-0.39, 0.29) is 11.2 Å². The van der Waals surface area contributed by atoms with Gasteiger partial charge in [0.1, 0.15) is 11.5 Å². The molecule has 0 unspecified atom stereocenters. The lowest BCUT2D eigenvalue weighted by atomic mass is 10.1. The number of aryl methyl sites for hydroxylation is 1. The van der Waals surface area contributed by atoms with Gasteiger partial charge in [-0.2, -0.15) is 0 Å². The Morgan fingerprint density at radius 3 is 2.50 bits per heavy atom. The van der Waals surface area contributed by atoms with Crippen LogP contribution in [0.2, 0.25) is 0 Å². The number of aromatic hydroxyl groups is 1. The van der Waals surface area contributed by atoms with Crippen molar-refractivity contribution < 1.29 is 9.84 Å². The second kappa shape index (κ2) is 5.56. The monoisotopic (exact) mass is 295 g/mol. The molecule has 1 N–H and O–H groups in total. The molecular weight excluding hydrogens is 278 g/mol. The highest BCUT2D eigenvalue weighted by molar-refractivity contribution is 5.89. The standard InChI is InChI=1S/C18H17NO3/c1-3-19-14(12-7-5-4-6-8-12)11-17(21)18-15(19)9-13(22-2)10-16(18)20/h4-11,20H,3H2,1-2H3. The highest BCUT2D eigenvalue weighted by Gasteiger charge is 2.14. The van der Waals surface area contributed by atoms with Crippen molar-refractivity contribution in [3.8, 4) is 22.8 Å². The number of hydrogen-bond acceptors (Lipinski definition) is 3. The molecule has 0 radical (unpaired) electrons. The van der Waals surface area contributed by atoms with Crippen LogP contribution in [0.3, 0.4) is 0 Å². The molecule has 1 heterocycles. The van der Waals surface area contributed by atoms with Gasteiger partial charge in [-0.3, -0.25) is 4.79 Å². The first-order valence-electron chi connectivity index (χ1n) is 7.15. The van der Waals surface area contributed by atoms with Crippen LogP contribution >= 0.6 is 0 Å². The second-order valence-corrected chi connectivity index (χ2v) is 5.04. The van der Waals surface area contributed by atoms with Crippen LogP contribution in [0.1, 0.15) is 6.92 Å². The zero-order valence-electron chi connectivity index (χ0n) is 12.5. The van der Waals surface area contributed by atoms with Crippen LogP contribution in [-0.2, 0) is 6.54 Å². The summed E-state index contributed by atoms with van der Waals surface area (Å²) in [5.41, 5.74) is 2.27. The zero-order valence-corrected chi connectivity index (χ0v) is 12.5. The van der Waals surface area contributed by atoms with E-state index in [0.717, 1.165) is 11.3 Å². The van der Waals surface area contributed by atoms with Gasteiger partial charge in [-0.25, -0.2) is 0 Å². The number of fused-ring (bicyclic) bond motifs is 1. The molecule has 0 atom stereocenters. The third kappa shape index (κ3) is 2.22. The number of methoxy groups -OCH3 is 1. The van der Waals surface area contributed by atoms with E-state index >= 15 is 0 Å². The Morgan fingerprint density at radius 2 is 1.86 bits per heavy atom. The van der Waals surface area contributed by atoms with E-state index in [0.29, 0.717) is 23.2 Å². The predicted octanol–water partition coefficient (Wildman–Crippen LogP) is 3.40. The molecule has 22 heavy (non-hydrogen) atoms. The molecule has 0 saturated heterocycles. The maximum Gasteiger partial charge on any atom is 0.193 e. The molecule has 4 nitrogen and oxygen atoms in total. The summed E-state index contributed by atoms with van der Waals surface area (Å²) in [5, 5.41) is 10.5. The Balaban J connectivity index is 2.44. The van der Waals surface area contributed by atoms with Crippen molar-refractivity contribution in [1.29, 1.82) is 0 Å². The first-order valence-corrected chi connectivity index (χ1v) is 7.15. The predicted molar refractivity (Wildman–Crippen MR) is 87.5 cm³/mol. The number of phenolic OH excluding ortho intramolecular Hbond substituents is 1. The maximum atomic E-state index is 12.4. The highest BCUT2D eigenvalue weighted by atomic mass is 16.5. The largest absolute Gasteiger partial charge is 0.507 e. The third-order valence-electron chi connectivity index (χ3n) is 3.79. The molecule has 0 spiro atoms. The van der Waals surface area contributed by atoms with Gasteiger partial charge < -0.3 is 14.4 Å². The number of benzene rings is 2. The molecule has 0 amide bonds. The lowest BCUT2D eigenvalue weighted by Crippen LogP contribution is -2.11. The minimum atomic E-state index is -0.196.